The zero-order valence-corrected chi connectivity index (χ0v) is 27.1. The van der Waals surface area contributed by atoms with Gasteiger partial charge in [-0.15, -0.1) is 21.5 Å². The number of benzene rings is 1. The Bertz CT molecular complexity index is 1750. The molecular formula is C32H37N9O5S. The van der Waals surface area contributed by atoms with Crippen LogP contribution in [0, 0.1) is 5.92 Å². The summed E-state index contributed by atoms with van der Waals surface area (Å²) in [6, 6.07) is 8.34. The highest BCUT2D eigenvalue weighted by molar-refractivity contribution is 7.09. The summed E-state index contributed by atoms with van der Waals surface area (Å²) in [6.45, 7) is 4.29. The normalized spacial score (nSPS) is 19.6. The zero-order valence-electron chi connectivity index (χ0n) is 26.3. The van der Waals surface area contributed by atoms with E-state index in [-0.39, 0.29) is 48.7 Å². The summed E-state index contributed by atoms with van der Waals surface area (Å²) in [5.41, 5.74) is 1.13. The molecule has 14 nitrogen and oxygen atoms in total. The summed E-state index contributed by atoms with van der Waals surface area (Å²) in [6.07, 6.45) is 5.23. The maximum absolute atomic E-state index is 13.9. The van der Waals surface area contributed by atoms with Crippen molar-refractivity contribution in [3.8, 4) is 0 Å². The lowest BCUT2D eigenvalue weighted by Crippen LogP contribution is -2.46. The minimum absolute atomic E-state index is 0.0162. The van der Waals surface area contributed by atoms with Crippen LogP contribution in [0.3, 0.4) is 0 Å². The van der Waals surface area contributed by atoms with Crippen molar-refractivity contribution in [3.05, 3.63) is 81.5 Å². The van der Waals surface area contributed by atoms with Crippen molar-refractivity contribution in [1.82, 2.24) is 45.6 Å². The second-order valence-electron chi connectivity index (χ2n) is 12.0. The SMILES string of the molecule is CC(C)[C@@H]1NC(=O)CN(C(=O)c2nnc3n2CCCCC3)CCNC(=O)c2coc(n2)[C@H](Cc2ccccc2)NC(=O)c2csc1n2. The molecule has 3 aromatic heterocycles. The van der Waals surface area contributed by atoms with E-state index in [4.69, 9.17) is 4.42 Å². The number of hydrogen-bond acceptors (Lipinski definition) is 10. The Hall–Kier alpha value is -4.92. The van der Waals surface area contributed by atoms with Crippen LogP contribution in [0.1, 0.15) is 99.1 Å². The van der Waals surface area contributed by atoms with Crippen molar-refractivity contribution in [3.63, 3.8) is 0 Å². The highest BCUT2D eigenvalue weighted by atomic mass is 32.1. The van der Waals surface area contributed by atoms with E-state index in [2.05, 4.69) is 36.1 Å². The lowest BCUT2D eigenvalue weighted by atomic mass is 10.0. The van der Waals surface area contributed by atoms with Crippen LogP contribution in [0.25, 0.3) is 0 Å². The van der Waals surface area contributed by atoms with Gasteiger partial charge in [0, 0.05) is 37.9 Å². The van der Waals surface area contributed by atoms with E-state index >= 15 is 0 Å². The number of nitrogens with zero attached hydrogens (tertiary/aromatic N) is 6. The first-order valence-electron chi connectivity index (χ1n) is 15.8. The highest BCUT2D eigenvalue weighted by Crippen LogP contribution is 2.26. The number of carbonyl (C=O) groups is 4. The monoisotopic (exact) mass is 659 g/mol. The van der Waals surface area contributed by atoms with Gasteiger partial charge in [0.25, 0.3) is 17.7 Å². The molecule has 2 atom stereocenters. The first kappa shape index (κ1) is 32.0. The molecule has 1 aromatic carbocycles. The maximum atomic E-state index is 13.9. The second-order valence-corrected chi connectivity index (χ2v) is 12.9. The molecule has 0 unspecified atom stereocenters. The predicted octanol–water partition coefficient (Wildman–Crippen LogP) is 2.86. The van der Waals surface area contributed by atoms with E-state index in [0.29, 0.717) is 18.0 Å². The van der Waals surface area contributed by atoms with Gasteiger partial charge in [-0.25, -0.2) is 9.97 Å². The third-order valence-corrected chi connectivity index (χ3v) is 9.16. The number of nitrogens with one attached hydrogen (secondary N) is 3. The fraction of sp³-hybridized carbons (Fsp3) is 0.438. The van der Waals surface area contributed by atoms with Gasteiger partial charge in [0.15, 0.2) is 5.69 Å². The van der Waals surface area contributed by atoms with Crippen LogP contribution in [-0.4, -0.2) is 72.9 Å². The number of oxazole rings is 1. The molecule has 15 heteroatoms. The molecule has 0 radical (unpaired) electrons. The number of rotatable bonds is 4. The number of fused-ring (bicyclic) bond motifs is 5. The van der Waals surface area contributed by atoms with Gasteiger partial charge in [-0.2, -0.15) is 0 Å². The first-order valence-corrected chi connectivity index (χ1v) is 16.7. The van der Waals surface area contributed by atoms with E-state index in [1.165, 1.54) is 22.5 Å². The molecule has 0 spiro atoms. The summed E-state index contributed by atoms with van der Waals surface area (Å²) < 4.78 is 7.55. The van der Waals surface area contributed by atoms with Crippen molar-refractivity contribution in [2.75, 3.05) is 19.6 Å². The average Bonchev–Trinajstić information content (AvgIpc) is 3.80. The van der Waals surface area contributed by atoms with E-state index < -0.39 is 35.7 Å². The standard InChI is InChI=1S/C32H37N9O5S/c1-19(2)26-31-36-23(18-47-31)29(44)34-21(15-20-9-5-3-6-10-20)30-35-22(17-46-30)28(43)33-12-14-40(16-25(42)37-26)32(45)27-39-38-24-11-7-4-8-13-41(24)27/h3,5-6,9-10,17-19,21,26H,4,7-8,11-16H2,1-2H3,(H,33,43)(H,34,44)(H,37,42)/t21-,26-/m0/s1. The van der Waals surface area contributed by atoms with Crippen molar-refractivity contribution in [2.24, 2.45) is 5.92 Å². The fourth-order valence-electron chi connectivity index (χ4n) is 5.71. The van der Waals surface area contributed by atoms with Gasteiger partial charge in [-0.3, -0.25) is 19.2 Å². The van der Waals surface area contributed by atoms with Gasteiger partial charge < -0.3 is 29.8 Å². The minimum Gasteiger partial charge on any atom is -0.446 e. The first-order chi connectivity index (χ1) is 22.8. The Morgan fingerprint density at radius 1 is 1.00 bits per heavy atom. The third kappa shape index (κ3) is 7.40. The van der Waals surface area contributed by atoms with Gasteiger partial charge in [0.1, 0.15) is 35.4 Å². The molecule has 4 amide bonds. The molecule has 0 saturated carbocycles. The molecule has 0 saturated heterocycles. The fourth-order valence-corrected chi connectivity index (χ4v) is 6.73. The van der Waals surface area contributed by atoms with Crippen molar-refractivity contribution >= 4 is 35.0 Å². The molecule has 0 fully saturated rings. The zero-order chi connectivity index (χ0) is 32.9. The Morgan fingerprint density at radius 3 is 2.64 bits per heavy atom. The Kier molecular flexibility index (Phi) is 9.71. The lowest BCUT2D eigenvalue weighted by Gasteiger charge is -2.25. The summed E-state index contributed by atoms with van der Waals surface area (Å²) in [4.78, 5) is 64.3. The summed E-state index contributed by atoms with van der Waals surface area (Å²) in [7, 11) is 0. The predicted molar refractivity (Wildman–Crippen MR) is 171 cm³/mol. The molecule has 0 aliphatic carbocycles. The van der Waals surface area contributed by atoms with Gasteiger partial charge in [0.05, 0.1) is 6.04 Å². The van der Waals surface area contributed by atoms with Crippen molar-refractivity contribution in [2.45, 2.75) is 64.6 Å². The topological polar surface area (TPSA) is 177 Å². The summed E-state index contributed by atoms with van der Waals surface area (Å²) in [5, 5.41) is 19.4. The smallest absolute Gasteiger partial charge is 0.292 e. The van der Waals surface area contributed by atoms with Gasteiger partial charge in [-0.1, -0.05) is 50.6 Å². The quantitative estimate of drug-likeness (QED) is 0.297. The molecule has 2 aliphatic heterocycles. The summed E-state index contributed by atoms with van der Waals surface area (Å²) >= 11 is 1.27. The molecule has 6 rings (SSSR count). The number of carbonyl (C=O) groups excluding carboxylic acids is 4. The van der Waals surface area contributed by atoms with Gasteiger partial charge in [0.2, 0.25) is 17.6 Å². The molecule has 2 aliphatic rings. The van der Waals surface area contributed by atoms with Crippen LogP contribution in [-0.2, 0) is 24.2 Å². The molecule has 4 bridgehead atoms. The molecule has 47 heavy (non-hydrogen) atoms. The number of thiazole rings is 1. The van der Waals surface area contributed by atoms with Crippen LogP contribution in [0.15, 0.2) is 46.4 Å². The number of aryl methyl sites for hydroxylation is 1. The van der Waals surface area contributed by atoms with Crippen molar-refractivity contribution < 1.29 is 23.6 Å². The number of aromatic nitrogens is 5. The van der Waals surface area contributed by atoms with Crippen LogP contribution in [0.4, 0.5) is 0 Å². The Labute approximate surface area is 275 Å². The highest BCUT2D eigenvalue weighted by Gasteiger charge is 2.30. The Morgan fingerprint density at radius 2 is 1.83 bits per heavy atom. The van der Waals surface area contributed by atoms with Crippen LogP contribution in [0.2, 0.25) is 0 Å². The van der Waals surface area contributed by atoms with E-state index in [9.17, 15) is 19.2 Å². The maximum Gasteiger partial charge on any atom is 0.292 e. The van der Waals surface area contributed by atoms with Gasteiger partial charge in [-0.05, 0) is 24.3 Å². The Balaban J connectivity index is 1.31. The largest absolute Gasteiger partial charge is 0.446 e. The van der Waals surface area contributed by atoms with E-state index in [1.807, 2.05) is 48.7 Å². The van der Waals surface area contributed by atoms with Crippen LogP contribution in [0.5, 0.6) is 0 Å². The minimum atomic E-state index is -0.692. The summed E-state index contributed by atoms with van der Waals surface area (Å²) in [5.74, 6) is -0.818. The molecule has 5 heterocycles. The van der Waals surface area contributed by atoms with Crippen LogP contribution >= 0.6 is 11.3 Å². The third-order valence-electron chi connectivity index (χ3n) is 8.23. The second kappa shape index (κ2) is 14.2. The van der Waals surface area contributed by atoms with Gasteiger partial charge >= 0.3 is 0 Å². The van der Waals surface area contributed by atoms with E-state index in [0.717, 1.165) is 37.1 Å². The molecule has 3 N–H and O–H groups in total. The average molecular weight is 660 g/mol. The van der Waals surface area contributed by atoms with Crippen molar-refractivity contribution in [1.29, 1.82) is 0 Å². The van der Waals surface area contributed by atoms with E-state index in [1.54, 1.807) is 5.38 Å². The molecule has 246 valence electrons. The lowest BCUT2D eigenvalue weighted by molar-refractivity contribution is -0.122. The molecule has 4 aromatic rings. The number of hydrogen-bond donors (Lipinski definition) is 3. The number of amides is 4. The van der Waals surface area contributed by atoms with Crippen LogP contribution < -0.4 is 16.0 Å². The molecular weight excluding hydrogens is 622 g/mol.